The number of benzene rings is 3. The van der Waals surface area contributed by atoms with Crippen LogP contribution in [-0.4, -0.2) is 9.49 Å². The largest absolute Gasteiger partial charge is 0.439 e. The smallest absolute Gasteiger partial charge is 0.269 e. The fraction of sp³-hybridized carbons (Fsp3) is 0.115. The monoisotopic (exact) mass is 439 g/mol. The van der Waals surface area contributed by atoms with Crippen molar-refractivity contribution in [3.63, 3.8) is 0 Å². The summed E-state index contributed by atoms with van der Waals surface area (Å²) in [4.78, 5) is 24.4. The van der Waals surface area contributed by atoms with E-state index in [0.717, 1.165) is 22.2 Å². The van der Waals surface area contributed by atoms with E-state index < -0.39 is 4.92 Å². The van der Waals surface area contributed by atoms with Crippen LogP contribution < -0.4 is 10.9 Å². The Hall–Kier alpha value is -4.39. The zero-order chi connectivity index (χ0) is 23.1. The van der Waals surface area contributed by atoms with Crippen molar-refractivity contribution in [3.05, 3.63) is 98.8 Å². The number of fused-ring (bicyclic) bond motifs is 3. The average Bonchev–Trinajstić information content (AvgIpc) is 3.20. The fourth-order valence-electron chi connectivity index (χ4n) is 4.23. The highest BCUT2D eigenvalue weighted by Crippen LogP contribution is 2.41. The highest BCUT2D eigenvalue weighted by atomic mass is 16.6. The van der Waals surface area contributed by atoms with Gasteiger partial charge in [-0.2, -0.15) is 0 Å². The molecular formula is C26H21N3O4. The molecule has 7 nitrogen and oxygen atoms in total. The number of nitro groups is 1. The first kappa shape index (κ1) is 20.5. The van der Waals surface area contributed by atoms with Crippen molar-refractivity contribution in [2.45, 2.75) is 20.4 Å². The van der Waals surface area contributed by atoms with Gasteiger partial charge in [0, 0.05) is 29.8 Å². The standard InChI is InChI=1S/C26H21N3O4/c1-3-28-21-11-7-5-9-19(21)24-23(26(28)30)22(17-12-14-18(15-13-17)29(31)32)25(33-24)27-20-10-6-4-8-16(20)2/h4-15,27H,3H2,1-2H3. The lowest BCUT2D eigenvalue weighted by molar-refractivity contribution is -0.384. The van der Waals surface area contributed by atoms with Crippen LogP contribution in [0.3, 0.4) is 0 Å². The molecule has 0 atom stereocenters. The molecule has 2 aromatic heterocycles. The van der Waals surface area contributed by atoms with Crippen molar-refractivity contribution in [1.29, 1.82) is 0 Å². The van der Waals surface area contributed by atoms with Gasteiger partial charge in [0.05, 0.1) is 21.4 Å². The molecule has 0 aliphatic rings. The molecule has 164 valence electrons. The summed E-state index contributed by atoms with van der Waals surface area (Å²) < 4.78 is 8.05. The Bertz CT molecular complexity index is 1580. The van der Waals surface area contributed by atoms with Crippen LogP contribution in [0, 0.1) is 17.0 Å². The topological polar surface area (TPSA) is 90.3 Å². The number of pyridine rings is 1. The number of hydrogen-bond donors (Lipinski definition) is 1. The molecular weight excluding hydrogens is 418 g/mol. The van der Waals surface area contributed by atoms with Gasteiger partial charge in [-0.3, -0.25) is 14.9 Å². The van der Waals surface area contributed by atoms with Gasteiger partial charge in [0.2, 0.25) is 5.88 Å². The molecule has 0 radical (unpaired) electrons. The molecule has 0 fully saturated rings. The van der Waals surface area contributed by atoms with Gasteiger partial charge in [-0.15, -0.1) is 0 Å². The summed E-state index contributed by atoms with van der Waals surface area (Å²) in [5.41, 5.74) is 4.21. The zero-order valence-corrected chi connectivity index (χ0v) is 18.2. The maximum absolute atomic E-state index is 13.6. The van der Waals surface area contributed by atoms with Gasteiger partial charge in [0.25, 0.3) is 11.2 Å². The number of anilines is 2. The summed E-state index contributed by atoms with van der Waals surface area (Å²) >= 11 is 0. The van der Waals surface area contributed by atoms with Gasteiger partial charge in [-0.1, -0.05) is 30.3 Å². The predicted octanol–water partition coefficient (Wildman–Crippen LogP) is 6.39. The Balaban J connectivity index is 1.87. The first-order chi connectivity index (χ1) is 16.0. The second-order valence-electron chi connectivity index (χ2n) is 7.82. The number of rotatable bonds is 5. The molecule has 3 aromatic carbocycles. The lowest BCUT2D eigenvalue weighted by Crippen LogP contribution is -2.19. The molecule has 0 spiro atoms. The number of aromatic nitrogens is 1. The Morgan fingerprint density at radius 1 is 1.00 bits per heavy atom. The summed E-state index contributed by atoms with van der Waals surface area (Å²) in [6, 6.07) is 21.6. The minimum absolute atomic E-state index is 0.0172. The average molecular weight is 439 g/mol. The lowest BCUT2D eigenvalue weighted by atomic mass is 10.0. The van der Waals surface area contributed by atoms with Crippen LogP contribution in [-0.2, 0) is 6.54 Å². The number of furan rings is 1. The molecule has 0 amide bonds. The lowest BCUT2D eigenvalue weighted by Gasteiger charge is -2.10. The summed E-state index contributed by atoms with van der Waals surface area (Å²) in [5, 5.41) is 15.8. The highest BCUT2D eigenvalue weighted by molar-refractivity contribution is 6.11. The minimum Gasteiger partial charge on any atom is -0.439 e. The molecule has 0 aliphatic heterocycles. The number of aryl methyl sites for hydroxylation is 2. The first-order valence-corrected chi connectivity index (χ1v) is 10.6. The van der Waals surface area contributed by atoms with Gasteiger partial charge >= 0.3 is 0 Å². The maximum atomic E-state index is 13.6. The Morgan fingerprint density at radius 2 is 1.70 bits per heavy atom. The van der Waals surface area contributed by atoms with E-state index in [0.29, 0.717) is 34.5 Å². The maximum Gasteiger partial charge on any atom is 0.269 e. The minimum atomic E-state index is -0.443. The third-order valence-corrected chi connectivity index (χ3v) is 5.88. The zero-order valence-electron chi connectivity index (χ0n) is 18.2. The van der Waals surface area contributed by atoms with E-state index in [9.17, 15) is 14.9 Å². The van der Waals surface area contributed by atoms with E-state index in [1.807, 2.05) is 62.4 Å². The third-order valence-electron chi connectivity index (χ3n) is 5.88. The van der Waals surface area contributed by atoms with Crippen LogP contribution in [0.1, 0.15) is 12.5 Å². The van der Waals surface area contributed by atoms with Gasteiger partial charge in [-0.05, 0) is 55.3 Å². The first-order valence-electron chi connectivity index (χ1n) is 10.6. The van der Waals surface area contributed by atoms with Gasteiger partial charge in [-0.25, -0.2) is 0 Å². The van der Waals surface area contributed by atoms with Crippen LogP contribution in [0.5, 0.6) is 0 Å². The van der Waals surface area contributed by atoms with E-state index in [1.165, 1.54) is 12.1 Å². The van der Waals surface area contributed by atoms with Gasteiger partial charge in [0.1, 0.15) is 0 Å². The van der Waals surface area contributed by atoms with E-state index in [1.54, 1.807) is 16.7 Å². The van der Waals surface area contributed by atoms with E-state index in [2.05, 4.69) is 5.32 Å². The van der Waals surface area contributed by atoms with E-state index >= 15 is 0 Å². The molecule has 0 aliphatic carbocycles. The van der Waals surface area contributed by atoms with Crippen LogP contribution in [0.25, 0.3) is 33.0 Å². The van der Waals surface area contributed by atoms with E-state index in [4.69, 9.17) is 4.42 Å². The number of nitro benzene ring substituents is 1. The van der Waals surface area contributed by atoms with Crippen molar-refractivity contribution in [2.75, 3.05) is 5.32 Å². The van der Waals surface area contributed by atoms with Crippen molar-refractivity contribution < 1.29 is 9.34 Å². The molecule has 0 bridgehead atoms. The normalized spacial score (nSPS) is 11.2. The molecule has 7 heteroatoms. The molecule has 5 rings (SSSR count). The fourth-order valence-corrected chi connectivity index (χ4v) is 4.23. The Morgan fingerprint density at radius 3 is 2.39 bits per heavy atom. The van der Waals surface area contributed by atoms with Crippen LogP contribution in [0.4, 0.5) is 17.3 Å². The summed E-state index contributed by atoms with van der Waals surface area (Å²) in [5.74, 6) is 0.421. The Kier molecular flexibility index (Phi) is 4.94. The number of nitrogens with zero attached hydrogens (tertiary/aromatic N) is 2. The van der Waals surface area contributed by atoms with Crippen LogP contribution >= 0.6 is 0 Å². The summed E-state index contributed by atoms with van der Waals surface area (Å²) in [7, 11) is 0. The molecule has 33 heavy (non-hydrogen) atoms. The molecule has 0 saturated carbocycles. The molecule has 2 heterocycles. The second-order valence-corrected chi connectivity index (χ2v) is 7.82. The third kappa shape index (κ3) is 3.34. The molecule has 5 aromatic rings. The Labute approximate surface area is 189 Å². The highest BCUT2D eigenvalue weighted by Gasteiger charge is 2.24. The predicted molar refractivity (Wildman–Crippen MR) is 130 cm³/mol. The number of para-hydroxylation sites is 2. The molecule has 1 N–H and O–H groups in total. The molecule has 0 saturated heterocycles. The summed E-state index contributed by atoms with van der Waals surface area (Å²) in [6.45, 7) is 4.41. The van der Waals surface area contributed by atoms with Crippen molar-refractivity contribution in [2.24, 2.45) is 0 Å². The van der Waals surface area contributed by atoms with Gasteiger partial charge in [0.15, 0.2) is 5.58 Å². The van der Waals surface area contributed by atoms with Crippen LogP contribution in [0.15, 0.2) is 82.0 Å². The van der Waals surface area contributed by atoms with E-state index in [-0.39, 0.29) is 11.2 Å². The molecule has 0 unspecified atom stereocenters. The quantitative estimate of drug-likeness (QED) is 0.253. The van der Waals surface area contributed by atoms with Crippen molar-refractivity contribution in [3.8, 4) is 11.1 Å². The van der Waals surface area contributed by atoms with Crippen molar-refractivity contribution in [1.82, 2.24) is 4.57 Å². The number of non-ortho nitro benzene ring substituents is 1. The number of hydrogen-bond acceptors (Lipinski definition) is 5. The van der Waals surface area contributed by atoms with Gasteiger partial charge < -0.3 is 14.3 Å². The SMILES string of the molecule is CCn1c(=O)c2c(-c3ccc([N+](=O)[O-])cc3)c(Nc3ccccc3C)oc2c2ccccc21. The second kappa shape index (κ2) is 7.94. The summed E-state index contributed by atoms with van der Waals surface area (Å²) in [6.07, 6.45) is 0. The van der Waals surface area contributed by atoms with Crippen LogP contribution in [0.2, 0.25) is 0 Å². The number of nitrogens with one attached hydrogen (secondary N) is 1. The van der Waals surface area contributed by atoms with Crippen molar-refractivity contribution >= 4 is 39.1 Å².